The van der Waals surface area contributed by atoms with Crippen LogP contribution in [0.2, 0.25) is 0 Å². The molecular formula is C19H28N4O5. The molecule has 28 heavy (non-hydrogen) atoms. The Bertz CT molecular complexity index is 744. The lowest BCUT2D eigenvalue weighted by Crippen LogP contribution is -2.51. The van der Waals surface area contributed by atoms with E-state index in [0.717, 1.165) is 38.3 Å². The number of aromatic carboxylic acids is 1. The van der Waals surface area contributed by atoms with E-state index in [9.17, 15) is 19.5 Å². The molecule has 154 valence electrons. The molecule has 9 heteroatoms. The third-order valence-corrected chi connectivity index (χ3v) is 4.92. The van der Waals surface area contributed by atoms with Crippen LogP contribution in [-0.2, 0) is 9.59 Å². The van der Waals surface area contributed by atoms with Crippen LogP contribution in [0.5, 0.6) is 0 Å². The van der Waals surface area contributed by atoms with E-state index in [0.29, 0.717) is 0 Å². The number of carboxylic acid groups (broad SMARTS) is 1. The Hall–Kier alpha value is -2.68. The third-order valence-electron chi connectivity index (χ3n) is 4.92. The standard InChI is InChI=1S/C19H28N4O5/c1-19(2,23-17(26)16(25)11-6-4-3-5-7-11)8-14(24)22-13-10-21-9-12(15(13)20)18(27)28/h9-11,16,25H,3-8H2,1-2H3,(H2,20,21)(H,22,24)(H,23,26)(H,27,28). The summed E-state index contributed by atoms with van der Waals surface area (Å²) >= 11 is 0. The topological polar surface area (TPSA) is 155 Å². The molecule has 0 radical (unpaired) electrons. The highest BCUT2D eigenvalue weighted by Gasteiger charge is 2.32. The van der Waals surface area contributed by atoms with Gasteiger partial charge in [0, 0.05) is 18.2 Å². The summed E-state index contributed by atoms with van der Waals surface area (Å²) in [5.74, 6) is -2.25. The molecule has 1 fully saturated rings. The Kier molecular flexibility index (Phi) is 6.95. The number of aliphatic hydroxyl groups excluding tert-OH is 1. The number of amides is 2. The second-order valence-electron chi connectivity index (χ2n) is 7.89. The smallest absolute Gasteiger partial charge is 0.339 e. The number of anilines is 2. The van der Waals surface area contributed by atoms with Crippen molar-refractivity contribution in [3.8, 4) is 0 Å². The molecule has 9 nitrogen and oxygen atoms in total. The van der Waals surface area contributed by atoms with Crippen LogP contribution in [0, 0.1) is 5.92 Å². The maximum absolute atomic E-state index is 12.4. The number of rotatable bonds is 7. The van der Waals surface area contributed by atoms with Crippen LogP contribution in [0.15, 0.2) is 12.4 Å². The van der Waals surface area contributed by atoms with E-state index in [4.69, 9.17) is 10.8 Å². The van der Waals surface area contributed by atoms with Gasteiger partial charge < -0.3 is 26.6 Å². The summed E-state index contributed by atoms with van der Waals surface area (Å²) in [5, 5.41) is 24.6. The van der Waals surface area contributed by atoms with E-state index < -0.39 is 29.4 Å². The fraction of sp³-hybridized carbons (Fsp3) is 0.579. The molecule has 0 spiro atoms. The first-order valence-electron chi connectivity index (χ1n) is 9.37. The first kappa shape index (κ1) is 21.6. The molecule has 1 aliphatic rings. The van der Waals surface area contributed by atoms with Crippen molar-refractivity contribution in [2.24, 2.45) is 5.92 Å². The largest absolute Gasteiger partial charge is 0.478 e. The van der Waals surface area contributed by atoms with Gasteiger partial charge in [-0.1, -0.05) is 19.3 Å². The predicted octanol–water partition coefficient (Wildman–Crippen LogP) is 1.53. The van der Waals surface area contributed by atoms with Crippen molar-refractivity contribution in [1.29, 1.82) is 0 Å². The zero-order valence-corrected chi connectivity index (χ0v) is 16.2. The van der Waals surface area contributed by atoms with Crippen LogP contribution in [0.3, 0.4) is 0 Å². The minimum absolute atomic E-state index is 0.0528. The quantitative estimate of drug-likeness (QED) is 0.471. The Balaban J connectivity index is 1.95. The second kappa shape index (κ2) is 9.01. The van der Waals surface area contributed by atoms with E-state index in [1.165, 1.54) is 6.20 Å². The van der Waals surface area contributed by atoms with Crippen LogP contribution in [-0.4, -0.2) is 44.6 Å². The third kappa shape index (κ3) is 5.66. The number of hydrogen-bond acceptors (Lipinski definition) is 6. The molecule has 1 atom stereocenters. The van der Waals surface area contributed by atoms with Gasteiger partial charge in [0.2, 0.25) is 11.8 Å². The van der Waals surface area contributed by atoms with Crippen molar-refractivity contribution >= 4 is 29.2 Å². The Morgan fingerprint density at radius 3 is 2.50 bits per heavy atom. The van der Waals surface area contributed by atoms with Gasteiger partial charge in [-0.15, -0.1) is 0 Å². The van der Waals surface area contributed by atoms with Gasteiger partial charge in [-0.05, 0) is 32.6 Å². The molecule has 1 aliphatic carbocycles. The normalized spacial score (nSPS) is 16.2. The number of carbonyl (C=O) groups excluding carboxylic acids is 2. The summed E-state index contributed by atoms with van der Waals surface area (Å²) in [6, 6.07) is 0. The number of pyridine rings is 1. The molecule has 0 aromatic carbocycles. The second-order valence-corrected chi connectivity index (χ2v) is 7.89. The van der Waals surface area contributed by atoms with Crippen molar-refractivity contribution in [2.45, 2.75) is 64.0 Å². The van der Waals surface area contributed by atoms with E-state index in [1.54, 1.807) is 13.8 Å². The minimum Gasteiger partial charge on any atom is -0.478 e. The Morgan fingerprint density at radius 2 is 1.89 bits per heavy atom. The number of nitrogens with one attached hydrogen (secondary N) is 2. The van der Waals surface area contributed by atoms with Crippen LogP contribution >= 0.6 is 0 Å². The monoisotopic (exact) mass is 392 g/mol. The van der Waals surface area contributed by atoms with Gasteiger partial charge in [0.15, 0.2) is 0 Å². The number of aromatic nitrogens is 1. The lowest BCUT2D eigenvalue weighted by atomic mass is 9.84. The molecule has 2 rings (SSSR count). The molecule has 1 aromatic heterocycles. The summed E-state index contributed by atoms with van der Waals surface area (Å²) in [7, 11) is 0. The zero-order valence-electron chi connectivity index (χ0n) is 16.2. The molecule has 1 aromatic rings. The molecule has 0 bridgehead atoms. The fourth-order valence-corrected chi connectivity index (χ4v) is 3.45. The van der Waals surface area contributed by atoms with Crippen LogP contribution in [0.4, 0.5) is 11.4 Å². The number of hydrogen-bond donors (Lipinski definition) is 5. The maximum Gasteiger partial charge on any atom is 0.339 e. The van der Waals surface area contributed by atoms with Crippen molar-refractivity contribution < 1.29 is 24.6 Å². The first-order chi connectivity index (χ1) is 13.1. The number of nitrogens with two attached hydrogens (primary N) is 1. The summed E-state index contributed by atoms with van der Waals surface area (Å²) in [5.41, 5.74) is 4.64. The highest BCUT2D eigenvalue weighted by molar-refractivity contribution is 6.01. The van der Waals surface area contributed by atoms with Gasteiger partial charge in [-0.2, -0.15) is 0 Å². The van der Waals surface area contributed by atoms with Crippen molar-refractivity contribution in [3.05, 3.63) is 18.0 Å². The molecule has 0 aliphatic heterocycles. The van der Waals surface area contributed by atoms with E-state index in [-0.39, 0.29) is 29.3 Å². The van der Waals surface area contributed by atoms with Gasteiger partial charge in [0.25, 0.3) is 0 Å². The summed E-state index contributed by atoms with van der Waals surface area (Å²) in [6.07, 6.45) is 5.96. The SMILES string of the molecule is CC(C)(CC(=O)Nc1cncc(C(=O)O)c1N)NC(=O)C(O)C1CCCCC1. The van der Waals surface area contributed by atoms with Gasteiger partial charge in [-0.25, -0.2) is 4.79 Å². The molecule has 2 amide bonds. The van der Waals surface area contributed by atoms with Crippen LogP contribution in [0.1, 0.15) is 62.7 Å². The predicted molar refractivity (Wildman–Crippen MR) is 104 cm³/mol. The highest BCUT2D eigenvalue weighted by atomic mass is 16.4. The molecule has 1 heterocycles. The van der Waals surface area contributed by atoms with Gasteiger partial charge in [0.1, 0.15) is 11.7 Å². The first-order valence-corrected chi connectivity index (χ1v) is 9.37. The average molecular weight is 392 g/mol. The van der Waals surface area contributed by atoms with Crippen LogP contribution < -0.4 is 16.4 Å². The minimum atomic E-state index is -1.25. The Morgan fingerprint density at radius 1 is 1.25 bits per heavy atom. The zero-order chi connectivity index (χ0) is 20.9. The molecule has 1 saturated carbocycles. The van der Waals surface area contributed by atoms with E-state index in [1.807, 2.05) is 0 Å². The van der Waals surface area contributed by atoms with Crippen molar-refractivity contribution in [2.75, 3.05) is 11.1 Å². The number of aliphatic hydroxyl groups is 1. The molecule has 1 unspecified atom stereocenters. The maximum atomic E-state index is 12.4. The van der Waals surface area contributed by atoms with Crippen molar-refractivity contribution in [1.82, 2.24) is 10.3 Å². The van der Waals surface area contributed by atoms with Gasteiger partial charge in [-0.3, -0.25) is 14.6 Å². The number of nitrogen functional groups attached to an aromatic ring is 1. The molecule has 6 N–H and O–H groups in total. The highest BCUT2D eigenvalue weighted by Crippen LogP contribution is 2.27. The number of carbonyl (C=O) groups is 3. The van der Waals surface area contributed by atoms with E-state index in [2.05, 4.69) is 15.6 Å². The van der Waals surface area contributed by atoms with Crippen LogP contribution in [0.25, 0.3) is 0 Å². The van der Waals surface area contributed by atoms with E-state index >= 15 is 0 Å². The van der Waals surface area contributed by atoms with Gasteiger partial charge >= 0.3 is 5.97 Å². The summed E-state index contributed by atoms with van der Waals surface area (Å²) in [4.78, 5) is 39.6. The van der Waals surface area contributed by atoms with Gasteiger partial charge in [0.05, 0.1) is 17.6 Å². The molecule has 0 saturated heterocycles. The summed E-state index contributed by atoms with van der Waals surface area (Å²) in [6.45, 7) is 3.35. The Labute approximate surface area is 163 Å². The number of carboxylic acids is 1. The van der Waals surface area contributed by atoms with Crippen molar-refractivity contribution in [3.63, 3.8) is 0 Å². The fourth-order valence-electron chi connectivity index (χ4n) is 3.45. The number of nitrogens with zero attached hydrogens (tertiary/aromatic N) is 1. The summed E-state index contributed by atoms with van der Waals surface area (Å²) < 4.78 is 0. The lowest BCUT2D eigenvalue weighted by Gasteiger charge is -2.31. The lowest BCUT2D eigenvalue weighted by molar-refractivity contribution is -0.134. The average Bonchev–Trinajstić information content (AvgIpc) is 2.62. The molecular weight excluding hydrogens is 364 g/mol.